The van der Waals surface area contributed by atoms with Crippen molar-refractivity contribution in [2.24, 2.45) is 0 Å². The minimum absolute atomic E-state index is 0.217. The summed E-state index contributed by atoms with van der Waals surface area (Å²) in [4.78, 5) is 11.2. The second-order valence-electron chi connectivity index (χ2n) is 3.74. The Hall–Kier alpha value is -0.653. The van der Waals surface area contributed by atoms with Gasteiger partial charge >= 0.3 is 14.5 Å². The summed E-state index contributed by atoms with van der Waals surface area (Å²) >= 11 is 0. The average molecular weight is 232 g/mol. The van der Waals surface area contributed by atoms with Crippen LogP contribution in [0.25, 0.3) is 0 Å². The first-order chi connectivity index (χ1) is 6.84. The summed E-state index contributed by atoms with van der Waals surface area (Å²) < 4.78 is 15.8. The summed E-state index contributed by atoms with van der Waals surface area (Å²) in [6.45, 7) is 8.89. The van der Waals surface area contributed by atoms with E-state index in [0.717, 1.165) is 0 Å². The Labute approximate surface area is 92.5 Å². The Morgan fingerprint density at radius 2 is 1.87 bits per heavy atom. The van der Waals surface area contributed by atoms with Gasteiger partial charge < -0.3 is 13.6 Å². The summed E-state index contributed by atoms with van der Waals surface area (Å²) in [6, 6.07) is 0.610. The number of hydrogen-bond donors (Lipinski definition) is 0. The van der Waals surface area contributed by atoms with Crippen molar-refractivity contribution < 1.29 is 18.4 Å². The van der Waals surface area contributed by atoms with E-state index in [9.17, 15) is 4.79 Å². The Balaban J connectivity index is 4.19. The SMILES string of the molecule is C=C(C)C(=O)OC(C)C[Si](C)(OC)OC. The molecule has 0 radical (unpaired) electrons. The fourth-order valence-electron chi connectivity index (χ4n) is 1.10. The third kappa shape index (κ3) is 5.11. The van der Waals surface area contributed by atoms with Gasteiger partial charge in [0.1, 0.15) is 6.10 Å². The van der Waals surface area contributed by atoms with E-state index in [1.165, 1.54) is 0 Å². The Morgan fingerprint density at radius 1 is 1.40 bits per heavy atom. The molecule has 4 nitrogen and oxygen atoms in total. The zero-order valence-electron chi connectivity index (χ0n) is 10.1. The van der Waals surface area contributed by atoms with Crippen LogP contribution in [-0.2, 0) is 18.4 Å². The summed E-state index contributed by atoms with van der Waals surface area (Å²) in [6.07, 6.45) is -0.217. The fourth-order valence-corrected chi connectivity index (χ4v) is 2.72. The minimum Gasteiger partial charge on any atom is -0.459 e. The number of esters is 1. The van der Waals surface area contributed by atoms with Crippen molar-refractivity contribution in [1.82, 2.24) is 0 Å². The molecule has 0 saturated heterocycles. The maximum absolute atomic E-state index is 11.2. The topological polar surface area (TPSA) is 44.8 Å². The molecule has 1 unspecified atom stereocenters. The molecule has 0 rings (SSSR count). The van der Waals surface area contributed by atoms with Gasteiger partial charge in [0.2, 0.25) is 0 Å². The number of carbonyl (C=O) groups is 1. The molecule has 0 saturated carbocycles. The highest BCUT2D eigenvalue weighted by Gasteiger charge is 2.32. The van der Waals surface area contributed by atoms with Crippen LogP contribution in [0.5, 0.6) is 0 Å². The lowest BCUT2D eigenvalue weighted by molar-refractivity contribution is -0.142. The molecular weight excluding hydrogens is 212 g/mol. The summed E-state index contributed by atoms with van der Waals surface area (Å²) in [5.74, 6) is -0.369. The van der Waals surface area contributed by atoms with E-state index in [0.29, 0.717) is 11.6 Å². The molecule has 0 fully saturated rings. The third-order valence-electron chi connectivity index (χ3n) is 2.18. The van der Waals surface area contributed by atoms with Crippen molar-refractivity contribution in [3.8, 4) is 0 Å². The zero-order valence-corrected chi connectivity index (χ0v) is 11.1. The number of hydrogen-bond acceptors (Lipinski definition) is 4. The molecule has 0 aliphatic carbocycles. The Bertz CT molecular complexity index is 236. The molecule has 1 atom stereocenters. The van der Waals surface area contributed by atoms with Gasteiger partial charge in [-0.05, 0) is 20.4 Å². The molecule has 0 heterocycles. The van der Waals surface area contributed by atoms with Gasteiger partial charge in [0.05, 0.1) is 0 Å². The first-order valence-electron chi connectivity index (χ1n) is 4.81. The largest absolute Gasteiger partial charge is 0.459 e. The normalized spacial score (nSPS) is 13.4. The predicted molar refractivity (Wildman–Crippen MR) is 60.8 cm³/mol. The van der Waals surface area contributed by atoms with Crippen LogP contribution in [0.1, 0.15) is 13.8 Å². The number of ether oxygens (including phenoxy) is 1. The van der Waals surface area contributed by atoms with Crippen molar-refractivity contribution in [1.29, 1.82) is 0 Å². The minimum atomic E-state index is -2.17. The summed E-state index contributed by atoms with van der Waals surface area (Å²) in [7, 11) is 1.06. The Morgan fingerprint density at radius 3 is 2.20 bits per heavy atom. The highest BCUT2D eigenvalue weighted by molar-refractivity contribution is 6.66. The number of rotatable bonds is 6. The lowest BCUT2D eigenvalue weighted by Crippen LogP contribution is -2.40. The molecule has 0 amide bonds. The fraction of sp³-hybridized carbons (Fsp3) is 0.700. The van der Waals surface area contributed by atoms with Crippen LogP contribution >= 0.6 is 0 Å². The van der Waals surface area contributed by atoms with Gasteiger partial charge in [-0.2, -0.15) is 0 Å². The van der Waals surface area contributed by atoms with Crippen LogP contribution < -0.4 is 0 Å². The van der Waals surface area contributed by atoms with E-state index in [4.69, 9.17) is 13.6 Å². The van der Waals surface area contributed by atoms with E-state index < -0.39 is 8.56 Å². The van der Waals surface area contributed by atoms with Crippen molar-refractivity contribution in [2.45, 2.75) is 32.5 Å². The molecule has 15 heavy (non-hydrogen) atoms. The van der Waals surface area contributed by atoms with E-state index >= 15 is 0 Å². The first kappa shape index (κ1) is 14.3. The van der Waals surface area contributed by atoms with Crippen LogP contribution in [0.2, 0.25) is 12.6 Å². The van der Waals surface area contributed by atoms with Crippen LogP contribution in [0.3, 0.4) is 0 Å². The summed E-state index contributed by atoms with van der Waals surface area (Å²) in [5.41, 5.74) is 0.403. The van der Waals surface area contributed by atoms with Crippen LogP contribution in [0.15, 0.2) is 12.2 Å². The highest BCUT2D eigenvalue weighted by atomic mass is 28.4. The monoisotopic (exact) mass is 232 g/mol. The maximum atomic E-state index is 11.2. The van der Waals surface area contributed by atoms with Gasteiger partial charge in [-0.25, -0.2) is 4.79 Å². The molecule has 0 aliphatic rings. The molecule has 0 aromatic rings. The molecule has 0 aromatic carbocycles. The average Bonchev–Trinajstić information content (AvgIpc) is 2.17. The third-order valence-corrected chi connectivity index (χ3v) is 5.22. The number of carbonyl (C=O) groups excluding carboxylic acids is 1. The van der Waals surface area contributed by atoms with E-state index in [1.807, 2.05) is 13.5 Å². The molecule has 0 aliphatic heterocycles. The second kappa shape index (κ2) is 6.04. The van der Waals surface area contributed by atoms with Crippen LogP contribution in [0, 0.1) is 0 Å². The summed E-state index contributed by atoms with van der Waals surface area (Å²) in [5, 5.41) is 0. The van der Waals surface area contributed by atoms with E-state index in [1.54, 1.807) is 21.1 Å². The second-order valence-corrected chi connectivity index (χ2v) is 7.23. The standard InChI is InChI=1S/C10H20O4Si/c1-8(2)10(11)14-9(3)7-15(6,12-4)13-5/h9H,1,7H2,2-6H3. The van der Waals surface area contributed by atoms with Gasteiger partial charge in [-0.1, -0.05) is 6.58 Å². The molecule has 0 aromatic heterocycles. The molecule has 0 spiro atoms. The van der Waals surface area contributed by atoms with Crippen molar-refractivity contribution in [3.63, 3.8) is 0 Å². The highest BCUT2D eigenvalue weighted by Crippen LogP contribution is 2.16. The van der Waals surface area contributed by atoms with Crippen molar-refractivity contribution in [3.05, 3.63) is 12.2 Å². The lowest BCUT2D eigenvalue weighted by Gasteiger charge is -2.25. The van der Waals surface area contributed by atoms with Crippen LogP contribution in [-0.4, -0.2) is 34.9 Å². The smallest absolute Gasteiger partial charge is 0.338 e. The van der Waals surface area contributed by atoms with E-state index in [-0.39, 0.29) is 12.1 Å². The molecule has 0 N–H and O–H groups in total. The van der Waals surface area contributed by atoms with Crippen LogP contribution in [0.4, 0.5) is 0 Å². The lowest BCUT2D eigenvalue weighted by atomic mass is 10.3. The van der Waals surface area contributed by atoms with Gasteiger partial charge in [-0.15, -0.1) is 0 Å². The molecule has 0 bridgehead atoms. The quantitative estimate of drug-likeness (QED) is 0.398. The van der Waals surface area contributed by atoms with Crippen molar-refractivity contribution >= 4 is 14.5 Å². The zero-order chi connectivity index (χ0) is 12.1. The predicted octanol–water partition coefficient (Wildman–Crippen LogP) is 1.86. The first-order valence-corrected chi connectivity index (χ1v) is 7.34. The molecule has 5 heteroatoms. The van der Waals surface area contributed by atoms with E-state index in [2.05, 4.69) is 6.58 Å². The van der Waals surface area contributed by atoms with Gasteiger partial charge in [0, 0.05) is 25.8 Å². The molecular formula is C10H20O4Si. The maximum Gasteiger partial charge on any atom is 0.338 e. The van der Waals surface area contributed by atoms with Gasteiger partial charge in [0.25, 0.3) is 0 Å². The van der Waals surface area contributed by atoms with Gasteiger partial charge in [0.15, 0.2) is 0 Å². The van der Waals surface area contributed by atoms with Crippen molar-refractivity contribution in [2.75, 3.05) is 14.2 Å². The Kier molecular flexibility index (Phi) is 5.78. The van der Waals surface area contributed by atoms with Gasteiger partial charge in [-0.3, -0.25) is 0 Å². The molecule has 88 valence electrons.